The first-order valence-electron chi connectivity index (χ1n) is 13.5. The first kappa shape index (κ1) is 30.8. The summed E-state index contributed by atoms with van der Waals surface area (Å²) < 4.78 is 28.9. The minimum atomic E-state index is -4.01. The van der Waals surface area contributed by atoms with E-state index in [4.69, 9.17) is 0 Å². The molecule has 8 nitrogen and oxygen atoms in total. The van der Waals surface area contributed by atoms with Crippen LogP contribution in [0.1, 0.15) is 37.0 Å². The number of carbonyl (C=O) groups excluding carboxylic acids is 2. The fraction of sp³-hybridized carbons (Fsp3) is 0.355. The second-order valence-corrected chi connectivity index (χ2v) is 12.2. The summed E-state index contributed by atoms with van der Waals surface area (Å²) in [5, 5.41) is 3.04. The monoisotopic (exact) mass is 564 g/mol. The number of carbonyl (C=O) groups is 2. The fourth-order valence-electron chi connectivity index (χ4n) is 4.31. The molecule has 40 heavy (non-hydrogen) atoms. The van der Waals surface area contributed by atoms with Gasteiger partial charge < -0.3 is 10.2 Å². The van der Waals surface area contributed by atoms with Crippen molar-refractivity contribution >= 4 is 27.7 Å². The van der Waals surface area contributed by atoms with Crippen LogP contribution in [-0.2, 0) is 32.8 Å². The van der Waals surface area contributed by atoms with Gasteiger partial charge in [-0.3, -0.25) is 9.59 Å². The van der Waals surface area contributed by atoms with Crippen molar-refractivity contribution in [2.24, 2.45) is 0 Å². The highest BCUT2D eigenvalue weighted by Gasteiger charge is 2.35. The number of hydrogen-bond donors (Lipinski definition) is 1. The quantitative estimate of drug-likeness (QED) is 0.338. The molecule has 0 spiro atoms. The molecule has 3 aromatic rings. The number of anilines is 1. The van der Waals surface area contributed by atoms with Crippen molar-refractivity contribution < 1.29 is 18.0 Å². The SMILES string of the molecule is CC[C@@H](C)NC(=O)[C@@H](Cc1ccccc1)N(Cc1cccc(C)c1)C(=O)CN(c1ccccc1)S(=O)(=O)N(C)C. The van der Waals surface area contributed by atoms with Crippen molar-refractivity contribution in [1.82, 2.24) is 14.5 Å². The van der Waals surface area contributed by atoms with Crippen molar-refractivity contribution in [3.63, 3.8) is 0 Å². The van der Waals surface area contributed by atoms with Crippen LogP contribution >= 0.6 is 0 Å². The number of amides is 2. The molecule has 0 unspecified atom stereocenters. The van der Waals surface area contributed by atoms with E-state index in [1.165, 1.54) is 19.0 Å². The lowest BCUT2D eigenvalue weighted by molar-refractivity contribution is -0.140. The Morgan fingerprint density at radius 3 is 2.05 bits per heavy atom. The zero-order valence-corrected chi connectivity index (χ0v) is 24.8. The average molecular weight is 565 g/mol. The Kier molecular flexibility index (Phi) is 10.9. The molecule has 1 N–H and O–H groups in total. The lowest BCUT2D eigenvalue weighted by Crippen LogP contribution is -2.55. The maximum Gasteiger partial charge on any atom is 0.304 e. The van der Waals surface area contributed by atoms with Crippen LogP contribution in [0.4, 0.5) is 5.69 Å². The van der Waals surface area contributed by atoms with Gasteiger partial charge in [-0.25, -0.2) is 4.31 Å². The van der Waals surface area contributed by atoms with Gasteiger partial charge in [0.2, 0.25) is 11.8 Å². The fourth-order valence-corrected chi connectivity index (χ4v) is 5.37. The summed E-state index contributed by atoms with van der Waals surface area (Å²) in [5.41, 5.74) is 3.14. The maximum atomic E-state index is 14.2. The van der Waals surface area contributed by atoms with E-state index in [1.54, 1.807) is 30.3 Å². The Labute approximate surface area is 238 Å². The highest BCUT2D eigenvalue weighted by Crippen LogP contribution is 2.22. The molecule has 0 saturated heterocycles. The van der Waals surface area contributed by atoms with Crippen LogP contribution in [0.25, 0.3) is 0 Å². The van der Waals surface area contributed by atoms with Crippen molar-refractivity contribution in [2.75, 3.05) is 24.9 Å². The Bertz CT molecular complexity index is 1360. The predicted molar refractivity (Wildman–Crippen MR) is 160 cm³/mol. The van der Waals surface area contributed by atoms with Gasteiger partial charge in [0, 0.05) is 33.1 Å². The van der Waals surface area contributed by atoms with Crippen LogP contribution in [0.3, 0.4) is 0 Å². The van der Waals surface area contributed by atoms with Gasteiger partial charge in [0.15, 0.2) is 0 Å². The van der Waals surface area contributed by atoms with E-state index in [1.807, 2.05) is 75.4 Å². The molecule has 0 fully saturated rings. The molecule has 0 bridgehead atoms. The molecule has 9 heteroatoms. The molecular formula is C31H40N4O4S. The number of para-hydroxylation sites is 1. The van der Waals surface area contributed by atoms with Crippen LogP contribution < -0.4 is 9.62 Å². The average Bonchev–Trinajstić information content (AvgIpc) is 2.94. The standard InChI is InChI=1S/C31H40N4O4S/c1-6-25(3)32-31(37)29(21-26-15-9-7-10-16-26)34(22-27-17-13-14-24(2)20-27)30(36)23-35(40(38,39)33(4)5)28-18-11-8-12-19-28/h7-20,25,29H,6,21-23H2,1-5H3,(H,32,37)/t25-,29-/m1/s1. The molecule has 0 aliphatic carbocycles. The summed E-state index contributed by atoms with van der Waals surface area (Å²) in [6.45, 7) is 5.56. The molecular weight excluding hydrogens is 524 g/mol. The first-order valence-corrected chi connectivity index (χ1v) is 14.9. The molecule has 0 aromatic heterocycles. The normalized spacial score (nSPS) is 12.9. The molecule has 0 heterocycles. The highest BCUT2D eigenvalue weighted by atomic mass is 32.2. The van der Waals surface area contributed by atoms with E-state index in [9.17, 15) is 18.0 Å². The molecule has 0 radical (unpaired) electrons. The number of hydrogen-bond acceptors (Lipinski definition) is 4. The van der Waals surface area contributed by atoms with Crippen molar-refractivity contribution in [3.8, 4) is 0 Å². The summed E-state index contributed by atoms with van der Waals surface area (Å²) in [4.78, 5) is 29.4. The lowest BCUT2D eigenvalue weighted by Gasteiger charge is -2.35. The molecule has 0 aliphatic heterocycles. The third-order valence-electron chi connectivity index (χ3n) is 6.77. The minimum Gasteiger partial charge on any atom is -0.352 e. The number of nitrogens with one attached hydrogen (secondary N) is 1. The van der Waals surface area contributed by atoms with Crippen LogP contribution in [-0.4, -0.2) is 62.2 Å². The van der Waals surface area contributed by atoms with Crippen molar-refractivity contribution in [3.05, 3.63) is 102 Å². The smallest absolute Gasteiger partial charge is 0.304 e. The summed E-state index contributed by atoms with van der Waals surface area (Å²) in [5.74, 6) is -0.753. The Morgan fingerprint density at radius 2 is 1.48 bits per heavy atom. The Morgan fingerprint density at radius 1 is 0.875 bits per heavy atom. The van der Waals surface area contributed by atoms with E-state index in [-0.39, 0.29) is 24.9 Å². The third kappa shape index (κ3) is 8.16. The Balaban J connectivity index is 2.08. The van der Waals surface area contributed by atoms with E-state index < -0.39 is 28.7 Å². The summed E-state index contributed by atoms with van der Waals surface area (Å²) in [6.07, 6.45) is 1.02. The number of aryl methyl sites for hydroxylation is 1. The van der Waals surface area contributed by atoms with Crippen LogP contribution in [0.2, 0.25) is 0 Å². The van der Waals surface area contributed by atoms with Gasteiger partial charge in [0.05, 0.1) is 5.69 Å². The molecule has 3 aromatic carbocycles. The molecule has 214 valence electrons. The third-order valence-corrected chi connectivity index (χ3v) is 8.59. The van der Waals surface area contributed by atoms with E-state index in [2.05, 4.69) is 5.32 Å². The summed E-state index contributed by atoms with van der Waals surface area (Å²) in [6, 6.07) is 24.9. The maximum absolute atomic E-state index is 14.2. The van der Waals surface area contributed by atoms with Gasteiger partial charge in [-0.15, -0.1) is 0 Å². The number of nitrogens with zero attached hydrogens (tertiary/aromatic N) is 3. The number of benzene rings is 3. The zero-order valence-electron chi connectivity index (χ0n) is 23.9. The molecule has 0 aliphatic rings. The predicted octanol–water partition coefficient (Wildman–Crippen LogP) is 4.16. The lowest BCUT2D eigenvalue weighted by atomic mass is 10.0. The van der Waals surface area contributed by atoms with E-state index in [0.29, 0.717) is 5.69 Å². The van der Waals surface area contributed by atoms with Gasteiger partial charge in [-0.2, -0.15) is 12.7 Å². The topological polar surface area (TPSA) is 90.0 Å². The number of rotatable bonds is 13. The van der Waals surface area contributed by atoms with E-state index >= 15 is 0 Å². The molecule has 0 saturated carbocycles. The zero-order chi connectivity index (χ0) is 29.3. The van der Waals surface area contributed by atoms with Crippen LogP contribution in [0, 0.1) is 6.92 Å². The van der Waals surface area contributed by atoms with E-state index in [0.717, 1.165) is 31.7 Å². The van der Waals surface area contributed by atoms with Crippen molar-refractivity contribution in [2.45, 2.75) is 52.2 Å². The van der Waals surface area contributed by atoms with Gasteiger partial charge >= 0.3 is 10.2 Å². The van der Waals surface area contributed by atoms with Crippen LogP contribution in [0.5, 0.6) is 0 Å². The highest BCUT2D eigenvalue weighted by molar-refractivity contribution is 7.90. The molecule has 2 atom stereocenters. The second-order valence-electron chi connectivity index (χ2n) is 10.2. The van der Waals surface area contributed by atoms with Gasteiger partial charge in [-0.05, 0) is 43.5 Å². The van der Waals surface area contributed by atoms with Crippen molar-refractivity contribution in [1.29, 1.82) is 0 Å². The first-order chi connectivity index (χ1) is 19.0. The summed E-state index contributed by atoms with van der Waals surface area (Å²) >= 11 is 0. The molecule has 2 amide bonds. The summed E-state index contributed by atoms with van der Waals surface area (Å²) in [7, 11) is -1.15. The second kappa shape index (κ2) is 14.1. The molecule has 3 rings (SSSR count). The minimum absolute atomic E-state index is 0.0865. The van der Waals surface area contributed by atoms with Gasteiger partial charge in [0.25, 0.3) is 0 Å². The van der Waals surface area contributed by atoms with Crippen LogP contribution in [0.15, 0.2) is 84.9 Å². The Hall–Kier alpha value is -3.69. The van der Waals surface area contributed by atoms with Gasteiger partial charge in [0.1, 0.15) is 12.6 Å². The van der Waals surface area contributed by atoms with Gasteiger partial charge in [-0.1, -0.05) is 85.3 Å². The largest absolute Gasteiger partial charge is 0.352 e.